The largest absolute Gasteiger partial charge is 0.226 e. The molecule has 4 bridgehead atoms. The lowest BCUT2D eigenvalue weighted by Gasteiger charge is -2.61. The minimum absolute atomic E-state index is 0.0608. The molecule has 0 aliphatic heterocycles. The first kappa shape index (κ1) is 32.3. The molecule has 0 amide bonds. The lowest BCUT2D eigenvalue weighted by molar-refractivity contribution is -0.0399. The zero-order valence-corrected chi connectivity index (χ0v) is 33.5. The van der Waals surface area contributed by atoms with E-state index >= 15 is 0 Å². The summed E-state index contributed by atoms with van der Waals surface area (Å²) >= 11 is 3.74. The number of benzene rings is 7. The maximum Gasteiger partial charge on any atom is 0.161 e. The van der Waals surface area contributed by atoms with E-state index in [0.717, 1.165) is 44.7 Å². The van der Waals surface area contributed by atoms with E-state index in [9.17, 15) is 0 Å². The van der Waals surface area contributed by atoms with Gasteiger partial charge in [-0.25, -0.2) is 9.97 Å². The monoisotopic (exact) mass is 778 g/mol. The van der Waals surface area contributed by atoms with Crippen molar-refractivity contribution in [2.75, 3.05) is 0 Å². The van der Waals surface area contributed by atoms with Gasteiger partial charge in [-0.2, -0.15) is 0 Å². The molecule has 3 heterocycles. The van der Waals surface area contributed by atoms with E-state index in [4.69, 9.17) is 9.97 Å². The summed E-state index contributed by atoms with van der Waals surface area (Å²) in [6, 6.07) is 54.8. The van der Waals surface area contributed by atoms with Crippen LogP contribution in [0.25, 0.3) is 96.1 Å². The maximum absolute atomic E-state index is 5.71. The number of hydrogen-bond acceptors (Lipinski definition) is 4. The fourth-order valence-corrected chi connectivity index (χ4v) is 15.2. The van der Waals surface area contributed by atoms with Crippen molar-refractivity contribution in [1.29, 1.82) is 0 Å². The van der Waals surface area contributed by atoms with Gasteiger partial charge in [0.1, 0.15) is 0 Å². The topological polar surface area (TPSA) is 25.8 Å². The van der Waals surface area contributed by atoms with E-state index in [1.54, 1.807) is 11.1 Å². The third-order valence-electron chi connectivity index (χ3n) is 14.9. The number of rotatable bonds is 3. The van der Waals surface area contributed by atoms with Crippen LogP contribution in [0.3, 0.4) is 0 Å². The quantitative estimate of drug-likeness (QED) is 0.179. The minimum Gasteiger partial charge on any atom is -0.226 e. The molecule has 4 saturated carbocycles. The molecule has 1 spiro atoms. The van der Waals surface area contributed by atoms with Crippen LogP contribution in [0.15, 0.2) is 146 Å². The molecule has 0 atom stereocenters. The average Bonchev–Trinajstić information content (AvgIpc) is 3.93. The molecule has 0 unspecified atom stereocenters. The molecule has 0 N–H and O–H groups in total. The Kier molecular flexibility index (Phi) is 6.52. The van der Waals surface area contributed by atoms with E-state index in [1.807, 2.05) is 22.7 Å². The van der Waals surface area contributed by atoms with Crippen LogP contribution in [-0.4, -0.2) is 9.97 Å². The Balaban J connectivity index is 1.10. The van der Waals surface area contributed by atoms with Crippen molar-refractivity contribution in [3.8, 4) is 44.9 Å². The van der Waals surface area contributed by atoms with Gasteiger partial charge >= 0.3 is 0 Å². The molecule has 4 fully saturated rings. The SMILES string of the molecule is c1ccc2c(c1)-c1cc(-c3nc(-c4ccc5ccccc5c4)c4sc5ccccc5c4n3)c(-c3cccc4c3sc3ccccc34)cc1C21C2CC3CC(C2)CC1C3. The average molecular weight is 779 g/mol. The van der Waals surface area contributed by atoms with E-state index in [0.29, 0.717) is 11.8 Å². The smallest absolute Gasteiger partial charge is 0.161 e. The Morgan fingerprint density at radius 3 is 1.97 bits per heavy atom. The fourth-order valence-electron chi connectivity index (χ4n) is 12.8. The van der Waals surface area contributed by atoms with Gasteiger partial charge in [-0.05, 0) is 125 Å². The normalized spacial score (nSPS) is 22.9. The highest BCUT2D eigenvalue weighted by Gasteiger charge is 2.61. The van der Waals surface area contributed by atoms with E-state index in [2.05, 4.69) is 146 Å². The van der Waals surface area contributed by atoms with E-state index in [1.165, 1.54) is 95.4 Å². The van der Waals surface area contributed by atoms with Crippen molar-refractivity contribution < 1.29 is 0 Å². The highest BCUT2D eigenvalue weighted by Crippen LogP contribution is 2.70. The van der Waals surface area contributed by atoms with Gasteiger partial charge < -0.3 is 0 Å². The van der Waals surface area contributed by atoms with Crippen molar-refractivity contribution in [3.63, 3.8) is 0 Å². The first-order valence-electron chi connectivity index (χ1n) is 21.1. The van der Waals surface area contributed by atoms with Crippen LogP contribution in [0.1, 0.15) is 43.2 Å². The zero-order valence-electron chi connectivity index (χ0n) is 31.9. The van der Waals surface area contributed by atoms with Crippen LogP contribution in [0.4, 0.5) is 0 Å². The number of aromatic nitrogens is 2. The molecule has 3 aromatic heterocycles. The van der Waals surface area contributed by atoms with Gasteiger partial charge in [0, 0.05) is 52.4 Å². The standard InChI is InChI=1S/C54H38N2S2/c1-2-11-33-27-34(21-20-32(33)10-1)49-52-50(41-14-5-8-19-48(41)58-52)56-53(55-49)44-28-43-37-12-3-6-17-45(37)54(35-23-30-22-31(25-35)26-36(54)24-30)46(43)29-42(44)40-16-9-15-39-38-13-4-7-18-47(38)57-51(39)40/h1-21,27-31,35-36H,22-26H2. The van der Waals surface area contributed by atoms with Crippen LogP contribution in [0.5, 0.6) is 0 Å². The number of thiophene rings is 2. The summed E-state index contributed by atoms with van der Waals surface area (Å²) in [5.41, 5.74) is 12.9. The molecular weight excluding hydrogens is 741 g/mol. The molecule has 7 aromatic carbocycles. The molecule has 10 aromatic rings. The predicted octanol–water partition coefficient (Wildman–Crippen LogP) is 15.1. The minimum atomic E-state index is 0.0608. The number of nitrogens with zero attached hydrogens (tertiary/aromatic N) is 2. The van der Waals surface area contributed by atoms with Gasteiger partial charge in [-0.15, -0.1) is 22.7 Å². The third-order valence-corrected chi connectivity index (χ3v) is 17.3. The van der Waals surface area contributed by atoms with Crippen molar-refractivity contribution >= 4 is 73.9 Å². The summed E-state index contributed by atoms with van der Waals surface area (Å²) in [7, 11) is 0. The molecule has 2 nitrogen and oxygen atoms in total. The Morgan fingerprint density at radius 2 is 1.12 bits per heavy atom. The van der Waals surface area contributed by atoms with Crippen molar-refractivity contribution in [3.05, 3.63) is 157 Å². The molecule has 15 rings (SSSR count). The first-order chi connectivity index (χ1) is 28.7. The third kappa shape index (κ3) is 4.27. The second kappa shape index (κ2) is 11.7. The molecule has 5 aliphatic rings. The van der Waals surface area contributed by atoms with Crippen molar-refractivity contribution in [1.82, 2.24) is 9.97 Å². The summed E-state index contributed by atoms with van der Waals surface area (Å²) in [5, 5.41) is 6.32. The molecule has 0 saturated heterocycles. The molecule has 4 heteroatoms. The highest BCUT2D eigenvalue weighted by molar-refractivity contribution is 7.26. The van der Waals surface area contributed by atoms with Gasteiger partial charge in [-0.1, -0.05) is 115 Å². The Hall–Kier alpha value is -5.68. The zero-order chi connectivity index (χ0) is 37.7. The van der Waals surface area contributed by atoms with Crippen LogP contribution >= 0.6 is 22.7 Å². The van der Waals surface area contributed by atoms with Gasteiger partial charge in [-0.3, -0.25) is 0 Å². The summed E-state index contributed by atoms with van der Waals surface area (Å²) in [5.74, 6) is 3.97. The summed E-state index contributed by atoms with van der Waals surface area (Å²) in [4.78, 5) is 11.4. The lowest BCUT2D eigenvalue weighted by Crippen LogP contribution is -2.55. The number of fused-ring (bicyclic) bond motifs is 10. The fraction of sp³-hybridized carbons (Fsp3) is 0.185. The maximum atomic E-state index is 5.71. The Bertz CT molecular complexity index is 3360. The Labute approximate surface area is 344 Å². The highest BCUT2D eigenvalue weighted by atomic mass is 32.1. The molecule has 5 aliphatic carbocycles. The van der Waals surface area contributed by atoms with Crippen LogP contribution in [0, 0.1) is 23.7 Å². The van der Waals surface area contributed by atoms with Gasteiger partial charge in [0.15, 0.2) is 5.82 Å². The summed E-state index contributed by atoms with van der Waals surface area (Å²) in [6.07, 6.45) is 6.91. The van der Waals surface area contributed by atoms with Gasteiger partial charge in [0.2, 0.25) is 0 Å². The molecular formula is C54H38N2S2. The van der Waals surface area contributed by atoms with Gasteiger partial charge in [0.25, 0.3) is 0 Å². The van der Waals surface area contributed by atoms with Crippen LogP contribution in [0.2, 0.25) is 0 Å². The second-order valence-corrected chi connectivity index (χ2v) is 19.8. The van der Waals surface area contributed by atoms with E-state index in [-0.39, 0.29) is 5.41 Å². The molecule has 58 heavy (non-hydrogen) atoms. The first-order valence-corrected chi connectivity index (χ1v) is 22.7. The van der Waals surface area contributed by atoms with Crippen molar-refractivity contribution in [2.24, 2.45) is 23.7 Å². The van der Waals surface area contributed by atoms with Crippen LogP contribution in [-0.2, 0) is 5.41 Å². The second-order valence-electron chi connectivity index (χ2n) is 17.7. The Morgan fingerprint density at radius 1 is 0.448 bits per heavy atom. The summed E-state index contributed by atoms with van der Waals surface area (Å²) in [6.45, 7) is 0. The van der Waals surface area contributed by atoms with Crippen molar-refractivity contribution in [2.45, 2.75) is 37.5 Å². The molecule has 276 valence electrons. The molecule has 0 radical (unpaired) electrons. The summed E-state index contributed by atoms with van der Waals surface area (Å²) < 4.78 is 5.07. The lowest BCUT2D eigenvalue weighted by atomic mass is 9.43. The van der Waals surface area contributed by atoms with Crippen LogP contribution < -0.4 is 0 Å². The number of hydrogen-bond donors (Lipinski definition) is 0. The van der Waals surface area contributed by atoms with Gasteiger partial charge in [0.05, 0.1) is 15.9 Å². The predicted molar refractivity (Wildman–Crippen MR) is 245 cm³/mol. The van der Waals surface area contributed by atoms with E-state index < -0.39 is 0 Å².